The molecule has 0 aliphatic heterocycles. The summed E-state index contributed by atoms with van der Waals surface area (Å²) in [5, 5.41) is 9.59. The van der Waals surface area contributed by atoms with E-state index >= 15 is 0 Å². The zero-order chi connectivity index (χ0) is 23.3. The minimum atomic E-state index is -0.757. The number of fused-ring (bicyclic) bond motifs is 3. The Labute approximate surface area is 189 Å². The fourth-order valence-electron chi connectivity index (χ4n) is 5.33. The van der Waals surface area contributed by atoms with E-state index in [1.807, 2.05) is 19.9 Å². The number of aromatic nitrogens is 3. The van der Waals surface area contributed by atoms with Crippen LogP contribution in [0.1, 0.15) is 31.5 Å². The number of carbonyl (C=O) groups is 1. The van der Waals surface area contributed by atoms with Gasteiger partial charge in [-0.25, -0.2) is 18.7 Å². The lowest BCUT2D eigenvalue weighted by Crippen LogP contribution is -2.46. The van der Waals surface area contributed by atoms with Crippen LogP contribution in [0, 0.1) is 34.8 Å². The molecule has 3 aromatic rings. The highest BCUT2D eigenvalue weighted by molar-refractivity contribution is 6.02. The highest BCUT2D eigenvalue weighted by atomic mass is 19.1. The molecule has 0 N–H and O–H groups in total. The Hall–Kier alpha value is -3.79. The number of Topliss-reactive ketones (excluding diaryl/α,β-unsaturated/α-hetero) is 1. The number of benzene rings is 1. The first-order valence-electron chi connectivity index (χ1n) is 10.8. The molecule has 5 rings (SSSR count). The molecule has 0 unspecified atom stereocenters. The van der Waals surface area contributed by atoms with Gasteiger partial charge in [0.05, 0.1) is 28.7 Å². The van der Waals surface area contributed by atoms with Crippen molar-refractivity contribution in [2.24, 2.45) is 11.8 Å². The number of allylic oxidation sites excluding steroid dienone is 2. The highest BCUT2D eigenvalue weighted by Crippen LogP contribution is 2.51. The molecule has 1 aromatic carbocycles. The Balaban J connectivity index is 1.85. The van der Waals surface area contributed by atoms with Gasteiger partial charge >= 0.3 is 0 Å². The van der Waals surface area contributed by atoms with Crippen molar-refractivity contribution < 1.29 is 13.6 Å². The second-order valence-corrected chi connectivity index (χ2v) is 8.81. The van der Waals surface area contributed by atoms with Crippen LogP contribution in [0.3, 0.4) is 0 Å². The van der Waals surface area contributed by atoms with Crippen molar-refractivity contribution in [3.63, 3.8) is 0 Å². The van der Waals surface area contributed by atoms with Gasteiger partial charge in [-0.3, -0.25) is 9.78 Å². The first-order valence-corrected chi connectivity index (χ1v) is 10.8. The predicted octanol–water partition coefficient (Wildman–Crippen LogP) is 4.97. The molecule has 2 heterocycles. The normalized spacial score (nSPS) is 23.8. The topological polar surface area (TPSA) is 79.5 Å². The summed E-state index contributed by atoms with van der Waals surface area (Å²) in [5.74, 6) is -1.54. The average molecular weight is 442 g/mol. The summed E-state index contributed by atoms with van der Waals surface area (Å²) in [4.78, 5) is 25.9. The number of carbonyl (C=O) groups excluding carboxylic acids is 1. The molecule has 2 aromatic heterocycles. The first kappa shape index (κ1) is 21.1. The number of nitrogens with zero attached hydrogens (tertiary/aromatic N) is 4. The summed E-state index contributed by atoms with van der Waals surface area (Å²) in [6, 6.07) is 9.83. The Morgan fingerprint density at radius 3 is 2.64 bits per heavy atom. The number of nitriles is 1. The molecule has 5 nitrogen and oxygen atoms in total. The van der Waals surface area contributed by atoms with Gasteiger partial charge in [0.2, 0.25) is 0 Å². The van der Waals surface area contributed by atoms with E-state index in [4.69, 9.17) is 4.98 Å². The third-order valence-electron chi connectivity index (χ3n) is 6.98. The Morgan fingerprint density at radius 1 is 1.12 bits per heavy atom. The summed E-state index contributed by atoms with van der Waals surface area (Å²) in [7, 11) is 0. The molecule has 33 heavy (non-hydrogen) atoms. The van der Waals surface area contributed by atoms with E-state index in [-0.39, 0.29) is 34.6 Å². The number of hydrogen-bond donors (Lipinski definition) is 0. The van der Waals surface area contributed by atoms with Gasteiger partial charge in [-0.05, 0) is 37.0 Å². The summed E-state index contributed by atoms with van der Waals surface area (Å²) < 4.78 is 29.5. The Bertz CT molecular complexity index is 1380. The van der Waals surface area contributed by atoms with Gasteiger partial charge in [0.1, 0.15) is 11.9 Å². The average Bonchev–Trinajstić information content (AvgIpc) is 2.82. The van der Waals surface area contributed by atoms with Crippen molar-refractivity contribution in [1.29, 1.82) is 5.26 Å². The molecule has 2 aliphatic rings. The van der Waals surface area contributed by atoms with Crippen LogP contribution < -0.4 is 0 Å². The third kappa shape index (κ3) is 3.17. The molecular formula is C26H20F2N4O. The van der Waals surface area contributed by atoms with E-state index in [0.717, 1.165) is 11.8 Å². The highest BCUT2D eigenvalue weighted by Gasteiger charge is 2.49. The largest absolute Gasteiger partial charge is 0.293 e. The lowest BCUT2D eigenvalue weighted by Gasteiger charge is -2.45. The smallest absolute Gasteiger partial charge is 0.176 e. The fourth-order valence-corrected chi connectivity index (χ4v) is 5.33. The lowest BCUT2D eigenvalue weighted by atomic mass is 9.57. The molecule has 0 saturated heterocycles. The van der Waals surface area contributed by atoms with Crippen LogP contribution in [0.25, 0.3) is 22.6 Å². The lowest BCUT2D eigenvalue weighted by molar-refractivity contribution is -0.121. The van der Waals surface area contributed by atoms with Crippen LogP contribution in [0.2, 0.25) is 0 Å². The molecule has 3 atom stereocenters. The summed E-state index contributed by atoms with van der Waals surface area (Å²) in [6.07, 6.45) is 5.43. The van der Waals surface area contributed by atoms with Gasteiger partial charge in [-0.15, -0.1) is 0 Å². The molecule has 0 bridgehead atoms. The van der Waals surface area contributed by atoms with Crippen molar-refractivity contribution in [3.05, 3.63) is 77.3 Å². The van der Waals surface area contributed by atoms with Crippen molar-refractivity contribution in [3.8, 4) is 28.7 Å². The molecular weight excluding hydrogens is 422 g/mol. The second kappa shape index (κ2) is 7.66. The number of pyridine rings is 1. The molecule has 0 fully saturated rings. The summed E-state index contributed by atoms with van der Waals surface area (Å²) in [6.45, 7) is 3.78. The number of hydrogen-bond acceptors (Lipinski definition) is 5. The van der Waals surface area contributed by atoms with E-state index in [1.165, 1.54) is 18.3 Å². The zero-order valence-electron chi connectivity index (χ0n) is 18.1. The monoisotopic (exact) mass is 442 g/mol. The molecule has 164 valence electrons. The maximum absolute atomic E-state index is 14.9. The number of halogens is 2. The number of rotatable bonds is 2. The van der Waals surface area contributed by atoms with Crippen molar-refractivity contribution in [1.82, 2.24) is 15.0 Å². The van der Waals surface area contributed by atoms with Crippen molar-refractivity contribution in [2.45, 2.75) is 32.1 Å². The van der Waals surface area contributed by atoms with E-state index in [2.05, 4.69) is 9.97 Å². The van der Waals surface area contributed by atoms with E-state index in [9.17, 15) is 18.8 Å². The summed E-state index contributed by atoms with van der Waals surface area (Å²) in [5.41, 5.74) is 1.56. The van der Waals surface area contributed by atoms with Gasteiger partial charge in [0.15, 0.2) is 17.4 Å². The second-order valence-electron chi connectivity index (χ2n) is 8.81. The van der Waals surface area contributed by atoms with Gasteiger partial charge in [-0.2, -0.15) is 5.26 Å². The van der Waals surface area contributed by atoms with E-state index in [0.29, 0.717) is 29.8 Å². The van der Waals surface area contributed by atoms with Gasteiger partial charge < -0.3 is 0 Å². The minimum Gasteiger partial charge on any atom is -0.293 e. The van der Waals surface area contributed by atoms with Gasteiger partial charge in [0.25, 0.3) is 0 Å². The molecule has 0 spiro atoms. The Morgan fingerprint density at radius 2 is 1.91 bits per heavy atom. The first-order chi connectivity index (χ1) is 15.8. The Kier molecular flexibility index (Phi) is 4.89. The SMILES string of the molecule is C[C@H]1C(=O)C(C#N)=C[C@@]2(C)c3nc(-c4ccncc4F)nc(-c4ccccc4F)c3CC[C@H]12. The fraction of sp³-hybridized carbons (Fsp3) is 0.269. The molecule has 0 amide bonds. The van der Waals surface area contributed by atoms with E-state index in [1.54, 1.807) is 24.3 Å². The van der Waals surface area contributed by atoms with Crippen LogP contribution in [0.15, 0.2) is 54.4 Å². The van der Waals surface area contributed by atoms with Crippen molar-refractivity contribution in [2.75, 3.05) is 0 Å². The number of ketones is 1. The van der Waals surface area contributed by atoms with Crippen LogP contribution in [-0.2, 0) is 16.6 Å². The summed E-state index contributed by atoms with van der Waals surface area (Å²) >= 11 is 0. The molecule has 7 heteroatoms. The van der Waals surface area contributed by atoms with Crippen LogP contribution in [0.5, 0.6) is 0 Å². The van der Waals surface area contributed by atoms with E-state index < -0.39 is 17.0 Å². The quantitative estimate of drug-likeness (QED) is 0.560. The maximum atomic E-state index is 14.9. The van der Waals surface area contributed by atoms with Crippen LogP contribution in [0.4, 0.5) is 8.78 Å². The minimum absolute atomic E-state index is 0.0897. The van der Waals surface area contributed by atoms with Crippen LogP contribution >= 0.6 is 0 Å². The zero-order valence-corrected chi connectivity index (χ0v) is 18.1. The molecule has 0 saturated carbocycles. The predicted molar refractivity (Wildman–Crippen MR) is 118 cm³/mol. The van der Waals surface area contributed by atoms with Gasteiger partial charge in [-0.1, -0.05) is 32.1 Å². The maximum Gasteiger partial charge on any atom is 0.176 e. The van der Waals surface area contributed by atoms with Crippen molar-refractivity contribution >= 4 is 5.78 Å². The third-order valence-corrected chi connectivity index (χ3v) is 6.98. The van der Waals surface area contributed by atoms with Crippen LogP contribution in [-0.4, -0.2) is 20.7 Å². The standard InChI is InChI=1S/C26H20F2N4O/c1-14-19-8-7-18-22(16-5-3-4-6-20(16)27)31-25(17-9-10-30-13-21(17)28)32-24(18)26(19,2)11-15(12-29)23(14)33/h3-6,9-11,13-14,19H,7-8H2,1-2H3/t14-,19-,26-/m1/s1. The molecule has 2 aliphatic carbocycles. The molecule has 0 radical (unpaired) electrons. The van der Waals surface area contributed by atoms with Gasteiger partial charge in [0, 0.05) is 28.7 Å².